The Morgan fingerprint density at radius 3 is 0.740 bits per heavy atom. The summed E-state index contributed by atoms with van der Waals surface area (Å²) in [6, 6.07) is 0. The summed E-state index contributed by atoms with van der Waals surface area (Å²) >= 11 is 0. The molecule has 123 heavy (non-hydrogen) atoms. The molecule has 0 spiro atoms. The Morgan fingerprint density at radius 2 is 0.528 bits per heavy atom. The number of hydrogen-bond acceptors (Lipinski definition) is 17. The lowest BCUT2D eigenvalue weighted by atomic mass is 9.75. The molecule has 0 rings (SSSR count). The third kappa shape index (κ3) is 64.6. The first kappa shape index (κ1) is 131. The van der Waals surface area contributed by atoms with Crippen molar-refractivity contribution in [2.75, 3.05) is 67.7 Å². The Morgan fingerprint density at radius 1 is 0.309 bits per heavy atom. The van der Waals surface area contributed by atoms with Gasteiger partial charge in [0.1, 0.15) is 63.6 Å². The van der Waals surface area contributed by atoms with Gasteiger partial charge in [-0.2, -0.15) is 0 Å². The molecule has 0 aromatic rings. The number of allylic oxidation sites excluding steroid dienone is 1. The molecule has 0 heterocycles. The number of hydrogen-bond donors (Lipinski definition) is 2. The second-order valence-corrected chi connectivity index (χ2v) is 41.4. The maximum atomic E-state index is 13.8. The van der Waals surface area contributed by atoms with Crippen molar-refractivity contribution in [1.82, 2.24) is 9.80 Å². The number of likely N-dealkylation sites (N-methyl/N-ethyl adjacent to an activating group) is 2. The molecule has 0 bridgehead atoms. The zero-order valence-electron chi connectivity index (χ0n) is 86.1. The van der Waals surface area contributed by atoms with E-state index in [1.54, 1.807) is 0 Å². The maximum absolute atomic E-state index is 13.8. The molecule has 0 fully saturated rings. The lowest BCUT2D eigenvalue weighted by Gasteiger charge is -2.29. The first-order valence-electron chi connectivity index (χ1n) is 47.8. The first-order valence-corrected chi connectivity index (χ1v) is 47.8. The van der Waals surface area contributed by atoms with Gasteiger partial charge in [-0.05, 0) is 182 Å². The van der Waals surface area contributed by atoms with Gasteiger partial charge in [0, 0.05) is 154 Å². The largest absolute Gasteiger partial charge is 0.412 e. The molecule has 0 aliphatic rings. The highest BCUT2D eigenvalue weighted by molar-refractivity contribution is 5.98. The van der Waals surface area contributed by atoms with Crippen molar-refractivity contribution in [2.45, 2.75) is 356 Å². The highest BCUT2D eigenvalue weighted by Gasteiger charge is 2.38. The smallest absolute Gasteiger partial charge is 0.270 e. The summed E-state index contributed by atoms with van der Waals surface area (Å²) < 4.78 is 5.88. The monoisotopic (exact) mass is 1750 g/mol. The van der Waals surface area contributed by atoms with Crippen LogP contribution in [0, 0.1) is 154 Å². The predicted octanol–water partition coefficient (Wildman–Crippen LogP) is 21.3. The summed E-state index contributed by atoms with van der Waals surface area (Å²) in [6.07, 6.45) is 12.1. The number of carbonyl (C=O) groups is 12. The molecule has 724 valence electrons. The van der Waals surface area contributed by atoms with Crippen molar-refractivity contribution in [3.8, 4) is 0 Å². The summed E-state index contributed by atoms with van der Waals surface area (Å²) in [6.45, 7) is 73.3. The highest BCUT2D eigenvalue weighted by atomic mass is 16.5. The fourth-order valence-electron chi connectivity index (χ4n) is 15.3. The summed E-state index contributed by atoms with van der Waals surface area (Å²) in [5.41, 5.74) is 0.606. The SMILES string of the molecule is C=C(C(=O)C(CC(CC)C(=O)CC(C)C)C[C@H](C)C(=O)CC(C)C)C(C)C.C=[OH+].CCC(CC(C[C@H](C)C(=O)CC(C)C)C(=O)C(CO)C(C)C)C(=O)CC(C)C.CCC(CC(C[C@H](C)C(=O)CC(C)C)C(=O)C(COCCN(C)C)C(C)C)C(=O)CC(C)C.CCC(CC(C[C@H](C)C(=O)CC(C)C)C(=O)CC(C)C)C(=O)CC(C)C.CN(C)CCO.O. The van der Waals surface area contributed by atoms with E-state index in [0.717, 1.165) is 32.4 Å². The fourth-order valence-corrected chi connectivity index (χ4v) is 15.3. The van der Waals surface area contributed by atoms with Gasteiger partial charge in [-0.25, -0.2) is 0 Å². The zero-order chi connectivity index (χ0) is 96.5. The van der Waals surface area contributed by atoms with Crippen LogP contribution in [0.3, 0.4) is 0 Å². The molecule has 5 N–H and O–H groups in total. The number of ether oxygens (including phenoxy) is 1. The molecule has 0 saturated heterocycles. The molecular weight excluding hydrogens is 1550 g/mol. The second-order valence-electron chi connectivity index (χ2n) is 41.4. The maximum Gasteiger partial charge on any atom is 0.270 e. The summed E-state index contributed by atoms with van der Waals surface area (Å²) in [4.78, 5) is 164. The molecule has 14 atom stereocenters. The van der Waals surface area contributed by atoms with Gasteiger partial charge < -0.3 is 30.2 Å². The van der Waals surface area contributed by atoms with Crippen molar-refractivity contribution < 1.29 is 82.8 Å². The van der Waals surface area contributed by atoms with E-state index in [4.69, 9.17) is 14.6 Å². The van der Waals surface area contributed by atoms with E-state index in [1.165, 1.54) is 0 Å². The van der Waals surface area contributed by atoms with E-state index in [1.807, 2.05) is 213 Å². The molecule has 0 aliphatic carbocycles. The minimum atomic E-state index is -0.435. The Balaban J connectivity index is -0.000000283. The molecule has 0 amide bonds. The van der Waals surface area contributed by atoms with Crippen LogP contribution >= 0.6 is 0 Å². The number of Topliss-reactive ketones (excluding diaryl/α,β-unsaturated/α-hetero) is 12. The highest BCUT2D eigenvalue weighted by Crippen LogP contribution is 2.36. The minimum Gasteiger partial charge on any atom is -0.412 e. The number of rotatable bonds is 64. The van der Waals surface area contributed by atoms with Crippen molar-refractivity contribution in [3.63, 3.8) is 0 Å². The number of aliphatic hydroxyl groups is 2. The molecule has 0 aliphatic heterocycles. The van der Waals surface area contributed by atoms with E-state index >= 15 is 0 Å². The Labute approximate surface area is 754 Å². The molecule has 0 radical (unpaired) electrons. The van der Waals surface area contributed by atoms with Crippen LogP contribution in [0.25, 0.3) is 0 Å². The fraction of sp³-hybridized carbons (Fsp3) is 0.856. The van der Waals surface area contributed by atoms with Gasteiger partial charge in [0.05, 0.1) is 26.4 Å². The normalized spacial score (nSPS) is 15.0. The van der Waals surface area contributed by atoms with Crippen molar-refractivity contribution in [2.24, 2.45) is 154 Å². The molecular formula is C104H197N2O17+. The van der Waals surface area contributed by atoms with Crippen LogP contribution in [0.2, 0.25) is 0 Å². The van der Waals surface area contributed by atoms with Crippen molar-refractivity contribution in [1.29, 1.82) is 0 Å². The summed E-state index contributed by atoms with van der Waals surface area (Å²) in [5.74, 6) is 2.39. The van der Waals surface area contributed by atoms with Crippen molar-refractivity contribution in [3.05, 3.63) is 12.2 Å². The topological polar surface area (TPSA) is 314 Å². The number of nitrogens with zero attached hydrogens (tertiary/aromatic N) is 2. The number of aliphatic hydroxyl groups excluding tert-OH is 2. The van der Waals surface area contributed by atoms with Gasteiger partial charge in [0.2, 0.25) is 0 Å². The minimum absolute atomic E-state index is 0. The van der Waals surface area contributed by atoms with Crippen LogP contribution in [0.15, 0.2) is 12.2 Å². The van der Waals surface area contributed by atoms with E-state index in [0.29, 0.717) is 188 Å². The lowest BCUT2D eigenvalue weighted by Crippen LogP contribution is -2.35. The third-order valence-corrected chi connectivity index (χ3v) is 23.0. The van der Waals surface area contributed by atoms with E-state index in [9.17, 15) is 62.6 Å². The Hall–Kier alpha value is -4.79. The van der Waals surface area contributed by atoms with E-state index in [2.05, 4.69) is 59.8 Å². The van der Waals surface area contributed by atoms with Gasteiger partial charge >= 0.3 is 0 Å². The van der Waals surface area contributed by atoms with Gasteiger partial charge in [-0.15, -0.1) is 0 Å². The Bertz CT molecular complexity index is 2900. The zero-order valence-corrected chi connectivity index (χ0v) is 86.1. The number of ketones is 12. The molecule has 19 nitrogen and oxygen atoms in total. The second kappa shape index (κ2) is 74.0. The van der Waals surface area contributed by atoms with Crippen LogP contribution < -0.4 is 0 Å². The standard InChI is InChI=1S/C28H53NO4.C24H44O4.C24H42O3.C23H42O3.C4H11NO.CH2O.H2O/c1-11-23(27(31)15-20(4)5)17-24(16-22(8)26(30)14-19(2)3)28(32)25(21(6)7)18-33-13-12-29(9)10;1-9-19(23(27)11-16(4)5)13-20(24(28)21(14-25)17(6)7)12-18(8)22(26)10-15(2)3;1-10-20(23(26)12-16(4)5)14-21(24(27)19(9)17(6)7)13-18(8)22(25)11-15(2)3;1-9-19(22(25)11-16(4)5)14-20(23(26)12-17(6)7)13-18(8)21(24)10-15(2)3;1-5(2)3-4-6;1-2;/h19-25H,11-18H2,1-10H3;15-21,25H,9-14H2,1-8H3;15-18,20-21H,9-14H2,1-8H3;15-20H,9-14H2,1-8H3;6H,3-4H2,1-2H3;1H2;1H2/p+1/t22-,23?,24?,25?;18-,19?,20?,21?;18-,20?,21?;18-,19?,20?;;;/m0000.../s1. The van der Waals surface area contributed by atoms with Crippen LogP contribution in [0.1, 0.15) is 356 Å². The van der Waals surface area contributed by atoms with Gasteiger partial charge in [0.15, 0.2) is 5.78 Å². The first-order chi connectivity index (χ1) is 56.4. The van der Waals surface area contributed by atoms with Gasteiger partial charge in [0.25, 0.3) is 6.79 Å². The number of carbonyl (C=O) groups excluding carboxylic acids is 13. The lowest BCUT2D eigenvalue weighted by molar-refractivity contribution is -0.135. The molecule has 10 unspecified atom stereocenters. The molecule has 0 aromatic heterocycles. The average Bonchev–Trinajstić information content (AvgIpc) is 0.866. The van der Waals surface area contributed by atoms with E-state index < -0.39 is 5.92 Å². The average molecular weight is 1750 g/mol. The quantitative estimate of drug-likeness (QED) is 0.0325. The van der Waals surface area contributed by atoms with Gasteiger partial charge in [-0.1, -0.05) is 228 Å². The van der Waals surface area contributed by atoms with Gasteiger partial charge in [-0.3, -0.25) is 62.3 Å². The van der Waals surface area contributed by atoms with Crippen molar-refractivity contribution >= 4 is 76.2 Å². The van der Waals surface area contributed by atoms with Crippen LogP contribution in [-0.4, -0.2) is 174 Å². The van der Waals surface area contributed by atoms with Crippen LogP contribution in [0.5, 0.6) is 0 Å². The van der Waals surface area contributed by atoms with Crippen LogP contribution in [0.4, 0.5) is 0 Å². The summed E-state index contributed by atoms with van der Waals surface area (Å²) in [5, 5.41) is 17.9. The Kier molecular flexibility index (Phi) is 79.0. The summed E-state index contributed by atoms with van der Waals surface area (Å²) in [7, 11) is 7.85. The molecule has 0 aromatic carbocycles. The van der Waals surface area contributed by atoms with Crippen LogP contribution in [-0.2, 0) is 62.3 Å². The predicted molar refractivity (Wildman–Crippen MR) is 513 cm³/mol. The van der Waals surface area contributed by atoms with E-state index in [-0.39, 0.29) is 183 Å². The third-order valence-electron chi connectivity index (χ3n) is 23.0. The molecule has 19 heteroatoms. The molecule has 0 saturated carbocycles.